The summed E-state index contributed by atoms with van der Waals surface area (Å²) in [6.07, 6.45) is 9.13. The van der Waals surface area contributed by atoms with Gasteiger partial charge in [-0.2, -0.15) is 0 Å². The molecule has 0 bridgehead atoms. The predicted molar refractivity (Wildman–Crippen MR) is 77.0 cm³/mol. The predicted octanol–water partition coefficient (Wildman–Crippen LogP) is 3.13. The van der Waals surface area contributed by atoms with Gasteiger partial charge < -0.3 is 10.8 Å². The Hall–Kier alpha value is -0.900. The lowest BCUT2D eigenvalue weighted by atomic mass is 9.94. The molecule has 0 aliphatic carbocycles. The van der Waals surface area contributed by atoms with Gasteiger partial charge in [0.25, 0.3) is 0 Å². The van der Waals surface area contributed by atoms with Gasteiger partial charge in [-0.15, -0.1) is 0 Å². The average molecular weight is 271 g/mol. The molecule has 0 spiro atoms. The number of rotatable bonds is 12. The highest BCUT2D eigenvalue weighted by atomic mass is 16.4. The van der Waals surface area contributed by atoms with Crippen molar-refractivity contribution in [3.8, 4) is 0 Å². The summed E-state index contributed by atoms with van der Waals surface area (Å²) in [5.74, 6) is -1.18. The van der Waals surface area contributed by atoms with Crippen LogP contribution in [0.2, 0.25) is 0 Å². The number of ketones is 1. The molecule has 1 unspecified atom stereocenters. The topological polar surface area (TPSA) is 80.4 Å². The smallest absolute Gasteiger partial charge is 0.320 e. The fourth-order valence-electron chi connectivity index (χ4n) is 2.11. The molecule has 19 heavy (non-hydrogen) atoms. The molecule has 0 aliphatic rings. The number of Topliss-reactive ketones (excluding diaryl/α,β-unsaturated/α-hetero) is 1. The second-order valence-corrected chi connectivity index (χ2v) is 5.46. The second-order valence-electron chi connectivity index (χ2n) is 5.46. The van der Waals surface area contributed by atoms with Crippen LogP contribution in [-0.2, 0) is 9.59 Å². The molecule has 0 saturated carbocycles. The van der Waals surface area contributed by atoms with E-state index in [-0.39, 0.29) is 18.1 Å². The zero-order valence-electron chi connectivity index (χ0n) is 12.4. The molecule has 0 saturated heterocycles. The van der Waals surface area contributed by atoms with Crippen LogP contribution in [0.25, 0.3) is 0 Å². The number of nitrogens with two attached hydrogens (primary N) is 1. The van der Waals surface area contributed by atoms with Gasteiger partial charge in [-0.3, -0.25) is 9.59 Å². The normalized spacial score (nSPS) is 14.1. The summed E-state index contributed by atoms with van der Waals surface area (Å²) in [7, 11) is 0. The quantitative estimate of drug-likeness (QED) is 0.534. The minimum absolute atomic E-state index is 0.137. The Bertz CT molecular complexity index is 266. The van der Waals surface area contributed by atoms with E-state index in [1.165, 1.54) is 32.1 Å². The van der Waals surface area contributed by atoms with Crippen LogP contribution in [0, 0.1) is 5.92 Å². The lowest BCUT2D eigenvalue weighted by Crippen LogP contribution is -2.37. The summed E-state index contributed by atoms with van der Waals surface area (Å²) in [4.78, 5) is 22.3. The van der Waals surface area contributed by atoms with E-state index in [9.17, 15) is 9.59 Å². The molecular formula is C15H29NO3. The maximum atomic E-state index is 11.7. The molecule has 0 aromatic heterocycles. The summed E-state index contributed by atoms with van der Waals surface area (Å²) >= 11 is 0. The Labute approximate surface area is 116 Å². The van der Waals surface area contributed by atoms with Gasteiger partial charge in [0, 0.05) is 12.8 Å². The summed E-state index contributed by atoms with van der Waals surface area (Å²) in [5, 5.41) is 8.75. The van der Waals surface area contributed by atoms with Crippen LogP contribution in [0.1, 0.15) is 71.6 Å². The zero-order chi connectivity index (χ0) is 14.7. The molecule has 112 valence electrons. The maximum absolute atomic E-state index is 11.7. The number of hydrogen-bond acceptors (Lipinski definition) is 3. The molecule has 0 radical (unpaired) electrons. The molecule has 0 aromatic carbocycles. The van der Waals surface area contributed by atoms with Crippen molar-refractivity contribution < 1.29 is 14.7 Å². The molecule has 4 heteroatoms. The van der Waals surface area contributed by atoms with Gasteiger partial charge in [-0.1, -0.05) is 52.4 Å². The Morgan fingerprint density at radius 3 is 2.11 bits per heavy atom. The Balaban J connectivity index is 3.56. The minimum atomic E-state index is -1.03. The van der Waals surface area contributed by atoms with Crippen molar-refractivity contribution in [3.63, 3.8) is 0 Å². The van der Waals surface area contributed by atoms with Gasteiger partial charge in [0.05, 0.1) is 0 Å². The third-order valence-electron chi connectivity index (χ3n) is 3.51. The fraction of sp³-hybridized carbons (Fsp3) is 0.867. The Morgan fingerprint density at radius 1 is 1.05 bits per heavy atom. The highest BCUT2D eigenvalue weighted by molar-refractivity contribution is 5.80. The van der Waals surface area contributed by atoms with Crippen LogP contribution in [-0.4, -0.2) is 22.9 Å². The number of aliphatic carboxylic acids is 1. The van der Waals surface area contributed by atoms with Crippen molar-refractivity contribution in [1.29, 1.82) is 0 Å². The van der Waals surface area contributed by atoms with Crippen LogP contribution < -0.4 is 5.73 Å². The van der Waals surface area contributed by atoms with Crippen molar-refractivity contribution in [2.45, 2.75) is 77.7 Å². The molecule has 3 N–H and O–H groups in total. The van der Waals surface area contributed by atoms with Crippen LogP contribution >= 0.6 is 0 Å². The van der Waals surface area contributed by atoms with Gasteiger partial charge in [-0.25, -0.2) is 0 Å². The van der Waals surface area contributed by atoms with E-state index < -0.39 is 12.0 Å². The lowest BCUT2D eigenvalue weighted by molar-refractivity contribution is -0.139. The minimum Gasteiger partial charge on any atom is -0.480 e. The number of carbonyl (C=O) groups is 2. The van der Waals surface area contributed by atoms with E-state index in [1.807, 2.05) is 0 Å². The first-order chi connectivity index (χ1) is 8.99. The molecule has 0 amide bonds. The van der Waals surface area contributed by atoms with Crippen LogP contribution in [0.4, 0.5) is 0 Å². The van der Waals surface area contributed by atoms with Crippen molar-refractivity contribution in [3.05, 3.63) is 0 Å². The molecule has 0 aromatic rings. The van der Waals surface area contributed by atoms with Crippen molar-refractivity contribution in [2.75, 3.05) is 0 Å². The van der Waals surface area contributed by atoms with E-state index in [2.05, 4.69) is 6.92 Å². The standard InChI is InChI=1S/C15H29NO3/c1-3-4-5-6-7-8-9-10-13(17)11-12(2)14(16)15(18)19/h12,14H,3-11,16H2,1-2H3,(H,18,19)/t12?,14-/m0/s1. The summed E-state index contributed by atoms with van der Waals surface area (Å²) in [6, 6.07) is -0.932. The fourth-order valence-corrected chi connectivity index (χ4v) is 2.11. The molecule has 2 atom stereocenters. The zero-order valence-corrected chi connectivity index (χ0v) is 12.4. The average Bonchev–Trinajstić information content (AvgIpc) is 2.36. The Kier molecular flexibility index (Phi) is 10.5. The molecule has 0 heterocycles. The van der Waals surface area contributed by atoms with Crippen molar-refractivity contribution in [2.24, 2.45) is 11.7 Å². The van der Waals surface area contributed by atoms with Gasteiger partial charge in [0.1, 0.15) is 11.8 Å². The van der Waals surface area contributed by atoms with Crippen LogP contribution in [0.5, 0.6) is 0 Å². The molecule has 0 aliphatic heterocycles. The summed E-state index contributed by atoms with van der Waals surface area (Å²) in [5.41, 5.74) is 5.48. The van der Waals surface area contributed by atoms with Gasteiger partial charge in [0.15, 0.2) is 0 Å². The maximum Gasteiger partial charge on any atom is 0.320 e. The van der Waals surface area contributed by atoms with E-state index in [0.717, 1.165) is 12.8 Å². The molecule has 4 nitrogen and oxygen atoms in total. The Morgan fingerprint density at radius 2 is 1.58 bits per heavy atom. The SMILES string of the molecule is CCCCCCCCCC(=O)CC(C)[C@H](N)C(=O)O. The number of carboxylic acids is 1. The van der Waals surface area contributed by atoms with E-state index in [1.54, 1.807) is 6.92 Å². The largest absolute Gasteiger partial charge is 0.480 e. The number of unbranched alkanes of at least 4 members (excludes halogenated alkanes) is 6. The third-order valence-corrected chi connectivity index (χ3v) is 3.51. The van der Waals surface area contributed by atoms with Gasteiger partial charge in [0.2, 0.25) is 0 Å². The highest BCUT2D eigenvalue weighted by Crippen LogP contribution is 2.13. The van der Waals surface area contributed by atoms with Gasteiger partial charge in [-0.05, 0) is 12.3 Å². The molecule has 0 fully saturated rings. The van der Waals surface area contributed by atoms with Crippen molar-refractivity contribution in [1.82, 2.24) is 0 Å². The second kappa shape index (κ2) is 11.0. The van der Waals surface area contributed by atoms with Crippen LogP contribution in [0.15, 0.2) is 0 Å². The van der Waals surface area contributed by atoms with E-state index >= 15 is 0 Å². The monoisotopic (exact) mass is 271 g/mol. The molecule has 0 rings (SSSR count). The lowest BCUT2D eigenvalue weighted by Gasteiger charge is -2.14. The van der Waals surface area contributed by atoms with E-state index in [4.69, 9.17) is 10.8 Å². The number of carbonyl (C=O) groups excluding carboxylic acids is 1. The number of hydrogen-bond donors (Lipinski definition) is 2. The van der Waals surface area contributed by atoms with Crippen molar-refractivity contribution >= 4 is 11.8 Å². The highest BCUT2D eigenvalue weighted by Gasteiger charge is 2.21. The first-order valence-corrected chi connectivity index (χ1v) is 7.49. The summed E-state index contributed by atoms with van der Waals surface area (Å²) in [6.45, 7) is 3.92. The first kappa shape index (κ1) is 18.1. The van der Waals surface area contributed by atoms with Gasteiger partial charge >= 0.3 is 5.97 Å². The summed E-state index contributed by atoms with van der Waals surface area (Å²) < 4.78 is 0. The molecular weight excluding hydrogens is 242 g/mol. The number of carboxylic acid groups (broad SMARTS) is 1. The third kappa shape index (κ3) is 9.65. The first-order valence-electron chi connectivity index (χ1n) is 7.49. The van der Waals surface area contributed by atoms with Crippen LogP contribution in [0.3, 0.4) is 0 Å². The van der Waals surface area contributed by atoms with E-state index in [0.29, 0.717) is 6.42 Å².